The molecule has 5 rings (SSSR count). The predicted octanol–water partition coefficient (Wildman–Crippen LogP) is 4.67. The summed E-state index contributed by atoms with van der Waals surface area (Å²) in [6.45, 7) is 11.3. The summed E-state index contributed by atoms with van der Waals surface area (Å²) in [7, 11) is -11.7. The second kappa shape index (κ2) is 25.2. The number of hydrogen-bond acceptors (Lipinski definition) is 16. The highest BCUT2D eigenvalue weighted by atomic mass is 32.2. The minimum atomic E-state index is -4.69. The van der Waals surface area contributed by atoms with Crippen LogP contribution in [0, 0.1) is 0 Å². The number of carbonyl (C=O) groups is 1. The number of aromatic hydroxyl groups is 2. The van der Waals surface area contributed by atoms with Crippen molar-refractivity contribution in [1.82, 2.24) is 9.31 Å². The maximum Gasteiger partial charge on any atom is 0.333 e. The Morgan fingerprint density at radius 3 is 2.01 bits per heavy atom. The van der Waals surface area contributed by atoms with Crippen LogP contribution in [0.5, 0.6) is 11.8 Å². The summed E-state index contributed by atoms with van der Waals surface area (Å²) < 4.78 is 132. The van der Waals surface area contributed by atoms with Gasteiger partial charge in [0.2, 0.25) is 17.1 Å². The number of allylic oxidation sites excluding steroid dienone is 3. The zero-order valence-electron chi connectivity index (χ0n) is 41.1. The molecule has 21 nitrogen and oxygen atoms in total. The largest absolute Gasteiger partial charge is 0.492 e. The smallest absolute Gasteiger partial charge is 0.333 e. The number of benzene rings is 2. The van der Waals surface area contributed by atoms with Crippen molar-refractivity contribution in [3.63, 3.8) is 0 Å². The van der Waals surface area contributed by atoms with Gasteiger partial charge in [0.05, 0.1) is 62.1 Å². The van der Waals surface area contributed by atoms with Crippen molar-refractivity contribution in [3.8, 4) is 23.1 Å². The summed E-state index contributed by atoms with van der Waals surface area (Å²) in [5.41, 5.74) is 1.74. The van der Waals surface area contributed by atoms with E-state index in [1.54, 1.807) is 37.2 Å². The topological polar surface area (TPSA) is 291 Å². The summed E-state index contributed by atoms with van der Waals surface area (Å²) in [4.78, 5) is 19.5. The number of rotatable bonds is 28. The number of aromatic nitrogens is 1. The number of nitrogens with zero attached hydrogens (tertiary/aromatic N) is 3. The fraction of sp³-hybridized carbons (Fsp3) is 0.500. The quantitative estimate of drug-likeness (QED) is 0.0293. The molecular weight excluding hydrogens is 1000 g/mol. The van der Waals surface area contributed by atoms with Crippen LogP contribution in [-0.4, -0.2) is 144 Å². The van der Waals surface area contributed by atoms with Gasteiger partial charge in [-0.15, -0.1) is 4.73 Å². The summed E-state index contributed by atoms with van der Waals surface area (Å²) in [6.07, 6.45) is 5.35. The first-order valence-electron chi connectivity index (χ1n) is 23.2. The van der Waals surface area contributed by atoms with Crippen LogP contribution >= 0.6 is 0 Å². The zero-order valence-corrected chi connectivity index (χ0v) is 43.5. The summed E-state index contributed by atoms with van der Waals surface area (Å²) in [5, 5.41) is 20.7. The fourth-order valence-corrected chi connectivity index (χ4v) is 9.82. The molecule has 2 aliphatic heterocycles. The Balaban J connectivity index is 1.52. The molecule has 1 aliphatic carbocycles. The Bertz CT molecular complexity index is 2920. The molecule has 24 heteroatoms. The summed E-state index contributed by atoms with van der Waals surface area (Å²) >= 11 is 0. The predicted molar refractivity (Wildman–Crippen MR) is 267 cm³/mol. The number of anilines is 1. The lowest BCUT2D eigenvalue weighted by atomic mass is 9.77. The Labute approximate surface area is 420 Å². The SMILES string of the molecule is COCCOCCOCCOCC[N+](CCCS(=O)(=O)O)=c1ccc2c(C(C)(C)C)cc(C=CC=C3N(CCCS(=O)(=O)O)c4ccc(S(=O)(=O)O)cc4C3(C)CCCC(=O)On3c(O)ccc3O)oc-2c1. The van der Waals surface area contributed by atoms with Crippen LogP contribution in [0.15, 0.2) is 81.8 Å². The molecule has 0 spiro atoms. The van der Waals surface area contributed by atoms with Crippen LogP contribution in [0.3, 0.4) is 0 Å². The molecule has 1 atom stereocenters. The molecule has 0 saturated heterocycles. The van der Waals surface area contributed by atoms with E-state index in [9.17, 15) is 53.9 Å². The first kappa shape index (κ1) is 57.7. The minimum Gasteiger partial charge on any atom is -0.492 e. The number of carbonyl (C=O) groups excluding carboxylic acids is 1. The van der Waals surface area contributed by atoms with E-state index in [-0.39, 0.29) is 57.2 Å². The first-order valence-corrected chi connectivity index (χ1v) is 27.8. The number of hydrogen-bond donors (Lipinski definition) is 5. The van der Waals surface area contributed by atoms with Gasteiger partial charge in [-0.05, 0) is 85.2 Å². The summed E-state index contributed by atoms with van der Waals surface area (Å²) in [6, 6.07) is 13.9. The molecule has 2 aromatic rings. The van der Waals surface area contributed by atoms with E-state index in [2.05, 4.69) is 20.8 Å². The van der Waals surface area contributed by atoms with Crippen molar-refractivity contribution in [2.24, 2.45) is 0 Å². The van der Waals surface area contributed by atoms with Crippen LogP contribution in [0.4, 0.5) is 5.69 Å². The van der Waals surface area contributed by atoms with Crippen LogP contribution in [-0.2, 0) is 64.9 Å². The van der Waals surface area contributed by atoms with Gasteiger partial charge in [0.15, 0.2) is 6.54 Å². The lowest BCUT2D eigenvalue weighted by molar-refractivity contribution is -0.145. The lowest BCUT2D eigenvalue weighted by Gasteiger charge is -2.30. The number of fused-ring (bicyclic) bond motifs is 2. The molecule has 0 saturated carbocycles. The van der Waals surface area contributed by atoms with E-state index >= 15 is 0 Å². The second-order valence-corrected chi connectivity index (χ2v) is 22.9. The maximum absolute atomic E-state index is 12.9. The van der Waals surface area contributed by atoms with Gasteiger partial charge in [-0.25, -0.2) is 9.37 Å². The Morgan fingerprint density at radius 2 is 1.40 bits per heavy atom. The molecule has 0 radical (unpaired) electrons. The van der Waals surface area contributed by atoms with E-state index < -0.39 is 69.9 Å². The molecule has 1 unspecified atom stereocenters. The van der Waals surface area contributed by atoms with E-state index in [1.807, 2.05) is 28.8 Å². The summed E-state index contributed by atoms with van der Waals surface area (Å²) in [5.74, 6) is -1.90. The van der Waals surface area contributed by atoms with Gasteiger partial charge in [-0.1, -0.05) is 26.8 Å². The third-order valence-corrected chi connectivity index (χ3v) is 14.3. The van der Waals surface area contributed by atoms with E-state index in [0.717, 1.165) is 23.3 Å². The van der Waals surface area contributed by atoms with Crippen molar-refractivity contribution in [2.45, 2.75) is 75.5 Å². The van der Waals surface area contributed by atoms with Crippen molar-refractivity contribution in [3.05, 3.63) is 94.7 Å². The van der Waals surface area contributed by atoms with Crippen molar-refractivity contribution in [1.29, 1.82) is 0 Å². The van der Waals surface area contributed by atoms with Gasteiger partial charge in [0.25, 0.3) is 30.4 Å². The van der Waals surface area contributed by atoms with Crippen LogP contribution in [0.1, 0.15) is 76.7 Å². The van der Waals surface area contributed by atoms with Crippen LogP contribution in [0.25, 0.3) is 17.4 Å². The highest BCUT2D eigenvalue weighted by molar-refractivity contribution is 7.86. The molecule has 72 heavy (non-hydrogen) atoms. The molecular formula is C48H66N3O18S3+. The van der Waals surface area contributed by atoms with Gasteiger partial charge in [0, 0.05) is 67.1 Å². The first-order chi connectivity index (χ1) is 33.8. The molecule has 5 N–H and O–H groups in total. The molecule has 0 bridgehead atoms. The molecule has 0 amide bonds. The zero-order chi connectivity index (χ0) is 52.9. The van der Waals surface area contributed by atoms with Crippen molar-refractivity contribution in [2.75, 3.05) is 89.4 Å². The van der Waals surface area contributed by atoms with Crippen molar-refractivity contribution >= 4 is 48.1 Å². The Kier molecular flexibility index (Phi) is 20.2. The van der Waals surface area contributed by atoms with Gasteiger partial charge in [0.1, 0.15) is 24.7 Å². The average molecular weight is 1070 g/mol. The third-order valence-electron chi connectivity index (χ3n) is 11.8. The Morgan fingerprint density at radius 1 is 0.778 bits per heavy atom. The average Bonchev–Trinajstić information content (AvgIpc) is 3.72. The van der Waals surface area contributed by atoms with Gasteiger partial charge < -0.3 is 43.3 Å². The second-order valence-electron chi connectivity index (χ2n) is 18.3. The fourth-order valence-electron chi connectivity index (χ4n) is 8.32. The van der Waals surface area contributed by atoms with E-state index in [1.165, 1.54) is 18.2 Å². The molecule has 3 heterocycles. The van der Waals surface area contributed by atoms with Gasteiger partial charge >= 0.3 is 5.97 Å². The van der Waals surface area contributed by atoms with Gasteiger partial charge in [-0.2, -0.15) is 25.3 Å². The molecule has 398 valence electrons. The molecule has 0 fully saturated rings. The van der Waals surface area contributed by atoms with Crippen LogP contribution < -0.4 is 19.7 Å². The number of ether oxygens (including phenoxy) is 4. The van der Waals surface area contributed by atoms with Crippen molar-refractivity contribution < 1.29 is 82.1 Å². The Hall–Kier alpha value is -5.15. The maximum atomic E-state index is 12.9. The highest BCUT2D eigenvalue weighted by Gasteiger charge is 2.44. The molecule has 1 aromatic heterocycles. The molecule has 3 aliphatic rings. The third kappa shape index (κ3) is 16.7. The van der Waals surface area contributed by atoms with E-state index in [4.69, 9.17) is 28.2 Å². The normalized spacial score (nSPS) is 16.6. The number of methoxy groups -OCH3 is 1. The van der Waals surface area contributed by atoms with E-state index in [0.29, 0.717) is 84.7 Å². The molecule has 1 aromatic carbocycles. The van der Waals surface area contributed by atoms with Gasteiger partial charge in [-0.3, -0.25) is 13.7 Å². The standard InChI is InChI=1S/C48H65N3O18S3/c1-47(2,3)39-33-36(68-42-32-35(13-15-38(39)42)49(20-8-30-70(55,56)57)22-23-65-26-27-67-29-28-66-25-24-64-5)10-6-11-43-48(4,19-7-12-46(54)69-51-44(52)17-18-45(51)53)40-34-37(72(61,62)63)14-16-41(40)50(43)21-9-31-71(58,59)60/h6,10-11,13-18,32-34H,7-9,12,19-31H2,1-5H3,(H4-,52,53,55,56,57,58,59,60,61,62,63)/p+1. The monoisotopic (exact) mass is 1070 g/mol. The van der Waals surface area contributed by atoms with Crippen LogP contribution in [0.2, 0.25) is 0 Å². The lowest BCUT2D eigenvalue weighted by Crippen LogP contribution is -2.35. The highest BCUT2D eigenvalue weighted by Crippen LogP contribution is 2.51. The minimum absolute atomic E-state index is 0.0395.